The van der Waals surface area contributed by atoms with E-state index in [9.17, 15) is 14.7 Å². The third kappa shape index (κ3) is 3.65. The van der Waals surface area contributed by atoms with Gasteiger partial charge in [-0.2, -0.15) is 0 Å². The summed E-state index contributed by atoms with van der Waals surface area (Å²) >= 11 is 0. The molecule has 0 bridgehead atoms. The standard InChI is InChI=1S/C18H22N2O4/c1-4-13-15(19-17(22)14(16(13)21)18(23)24)12-7-5-11(6-8-12)9-10-20(2)3/h5-8H,4,9-10H2,1-3H3,(H,23,24)(H2,19,21,22). The Morgan fingerprint density at radius 1 is 1.21 bits per heavy atom. The summed E-state index contributed by atoms with van der Waals surface area (Å²) in [5.41, 5.74) is 1.38. The van der Waals surface area contributed by atoms with Gasteiger partial charge in [-0.05, 0) is 38.1 Å². The molecule has 1 aromatic carbocycles. The molecule has 6 heteroatoms. The van der Waals surface area contributed by atoms with Crippen LogP contribution in [0.1, 0.15) is 28.4 Å². The maximum atomic E-state index is 12.0. The Balaban J connectivity index is 2.45. The van der Waals surface area contributed by atoms with Gasteiger partial charge in [-0.15, -0.1) is 0 Å². The van der Waals surface area contributed by atoms with Crippen LogP contribution in [0.25, 0.3) is 11.3 Å². The Labute approximate surface area is 140 Å². The fourth-order valence-corrected chi connectivity index (χ4v) is 2.61. The van der Waals surface area contributed by atoms with E-state index in [1.165, 1.54) is 5.56 Å². The highest BCUT2D eigenvalue weighted by molar-refractivity contribution is 5.91. The van der Waals surface area contributed by atoms with E-state index in [1.54, 1.807) is 6.92 Å². The molecule has 1 heterocycles. The van der Waals surface area contributed by atoms with Gasteiger partial charge in [0, 0.05) is 12.1 Å². The van der Waals surface area contributed by atoms with Crippen LogP contribution >= 0.6 is 0 Å². The van der Waals surface area contributed by atoms with Gasteiger partial charge >= 0.3 is 5.97 Å². The number of aromatic nitrogens is 1. The van der Waals surface area contributed by atoms with Crippen LogP contribution in [0.2, 0.25) is 0 Å². The number of benzene rings is 1. The SMILES string of the molecule is CCc1c(-c2ccc(CCN(C)C)cc2)[nH]c(=O)c(C(=O)O)c1O. The van der Waals surface area contributed by atoms with Crippen molar-refractivity contribution in [2.75, 3.05) is 20.6 Å². The molecule has 0 saturated carbocycles. The molecule has 0 aliphatic carbocycles. The Kier molecular flexibility index (Phi) is 5.41. The van der Waals surface area contributed by atoms with Crippen molar-refractivity contribution in [2.24, 2.45) is 0 Å². The Morgan fingerprint density at radius 2 is 1.83 bits per heavy atom. The number of likely N-dealkylation sites (N-methyl/N-ethyl adjacent to an activating group) is 1. The highest BCUT2D eigenvalue weighted by atomic mass is 16.4. The van der Waals surface area contributed by atoms with Crippen LogP contribution in [-0.4, -0.2) is 46.7 Å². The predicted octanol–water partition coefficient (Wildman–Crippen LogP) is 2.11. The first kappa shape index (κ1) is 17.7. The smallest absolute Gasteiger partial charge is 0.345 e. The van der Waals surface area contributed by atoms with E-state index in [2.05, 4.69) is 9.88 Å². The van der Waals surface area contributed by atoms with Gasteiger partial charge in [0.25, 0.3) is 5.56 Å². The topological polar surface area (TPSA) is 93.6 Å². The number of hydrogen-bond donors (Lipinski definition) is 3. The van der Waals surface area contributed by atoms with Crippen molar-refractivity contribution in [3.63, 3.8) is 0 Å². The van der Waals surface area contributed by atoms with Crippen molar-refractivity contribution < 1.29 is 15.0 Å². The fraction of sp³-hybridized carbons (Fsp3) is 0.333. The van der Waals surface area contributed by atoms with Crippen molar-refractivity contribution in [3.8, 4) is 17.0 Å². The number of carboxylic acids is 1. The van der Waals surface area contributed by atoms with Gasteiger partial charge in [0.05, 0.1) is 5.69 Å². The average Bonchev–Trinajstić information content (AvgIpc) is 2.52. The molecule has 0 fully saturated rings. The number of nitrogens with one attached hydrogen (secondary N) is 1. The Bertz CT molecular complexity index is 792. The number of carbonyl (C=O) groups is 1. The number of aromatic amines is 1. The summed E-state index contributed by atoms with van der Waals surface area (Å²) < 4.78 is 0. The van der Waals surface area contributed by atoms with E-state index >= 15 is 0 Å². The van der Waals surface area contributed by atoms with Crippen LogP contribution in [0, 0.1) is 0 Å². The quantitative estimate of drug-likeness (QED) is 0.754. The van der Waals surface area contributed by atoms with E-state index in [0.717, 1.165) is 18.5 Å². The number of rotatable bonds is 6. The number of hydrogen-bond acceptors (Lipinski definition) is 4. The van der Waals surface area contributed by atoms with Gasteiger partial charge in [-0.25, -0.2) is 4.79 Å². The van der Waals surface area contributed by atoms with Gasteiger partial charge in [0.15, 0.2) is 5.56 Å². The number of aromatic carboxylic acids is 1. The molecule has 0 spiro atoms. The molecular formula is C18H22N2O4. The molecule has 0 atom stereocenters. The Hall–Kier alpha value is -2.60. The lowest BCUT2D eigenvalue weighted by molar-refractivity contribution is 0.0691. The molecule has 24 heavy (non-hydrogen) atoms. The molecule has 0 radical (unpaired) electrons. The van der Waals surface area contributed by atoms with Crippen molar-refractivity contribution in [1.82, 2.24) is 9.88 Å². The average molecular weight is 330 g/mol. The zero-order chi connectivity index (χ0) is 17.9. The zero-order valence-corrected chi connectivity index (χ0v) is 14.1. The number of H-pyrrole nitrogens is 1. The summed E-state index contributed by atoms with van der Waals surface area (Å²) in [4.78, 5) is 27.8. The Morgan fingerprint density at radius 3 is 2.33 bits per heavy atom. The first-order chi connectivity index (χ1) is 11.3. The van der Waals surface area contributed by atoms with E-state index < -0.39 is 22.8 Å². The molecular weight excluding hydrogens is 308 g/mol. The third-order valence-electron chi connectivity index (χ3n) is 3.95. The first-order valence-corrected chi connectivity index (χ1v) is 7.80. The lowest BCUT2D eigenvalue weighted by atomic mass is 9.99. The molecule has 2 aromatic rings. The minimum atomic E-state index is -1.44. The minimum Gasteiger partial charge on any atom is -0.506 e. The van der Waals surface area contributed by atoms with E-state index in [1.807, 2.05) is 38.4 Å². The molecule has 0 aliphatic rings. The van der Waals surface area contributed by atoms with E-state index in [4.69, 9.17) is 5.11 Å². The van der Waals surface area contributed by atoms with Gasteiger partial charge < -0.3 is 20.1 Å². The monoisotopic (exact) mass is 330 g/mol. The summed E-state index contributed by atoms with van der Waals surface area (Å²) in [5.74, 6) is -1.89. The molecule has 0 aliphatic heterocycles. The maximum Gasteiger partial charge on any atom is 0.345 e. The van der Waals surface area contributed by atoms with Crippen LogP contribution in [0.15, 0.2) is 29.1 Å². The number of nitrogens with zero attached hydrogens (tertiary/aromatic N) is 1. The second-order valence-electron chi connectivity index (χ2n) is 5.94. The lowest BCUT2D eigenvalue weighted by Crippen LogP contribution is -2.20. The normalized spacial score (nSPS) is 11.0. The van der Waals surface area contributed by atoms with Crippen LogP contribution in [0.3, 0.4) is 0 Å². The molecule has 1 aromatic heterocycles. The summed E-state index contributed by atoms with van der Waals surface area (Å²) in [5, 5.41) is 19.3. The van der Waals surface area contributed by atoms with Crippen LogP contribution in [0.5, 0.6) is 5.75 Å². The molecule has 3 N–H and O–H groups in total. The summed E-state index contributed by atoms with van der Waals surface area (Å²) in [6.45, 7) is 2.73. The molecule has 0 saturated heterocycles. The largest absolute Gasteiger partial charge is 0.506 e. The minimum absolute atomic E-state index is 0.403. The highest BCUT2D eigenvalue weighted by Gasteiger charge is 2.21. The van der Waals surface area contributed by atoms with E-state index in [-0.39, 0.29) is 0 Å². The van der Waals surface area contributed by atoms with Crippen LogP contribution in [-0.2, 0) is 12.8 Å². The highest BCUT2D eigenvalue weighted by Crippen LogP contribution is 2.29. The lowest BCUT2D eigenvalue weighted by Gasteiger charge is -2.13. The second kappa shape index (κ2) is 7.31. The van der Waals surface area contributed by atoms with Crippen LogP contribution in [0.4, 0.5) is 0 Å². The molecule has 6 nitrogen and oxygen atoms in total. The number of aromatic hydroxyl groups is 1. The molecule has 128 valence electrons. The molecule has 0 amide bonds. The summed E-state index contributed by atoms with van der Waals surface area (Å²) in [7, 11) is 4.03. The third-order valence-corrected chi connectivity index (χ3v) is 3.95. The van der Waals surface area contributed by atoms with Crippen molar-refractivity contribution in [3.05, 3.63) is 51.3 Å². The van der Waals surface area contributed by atoms with Crippen molar-refractivity contribution in [1.29, 1.82) is 0 Å². The first-order valence-electron chi connectivity index (χ1n) is 7.80. The zero-order valence-electron chi connectivity index (χ0n) is 14.1. The van der Waals surface area contributed by atoms with E-state index in [0.29, 0.717) is 17.7 Å². The van der Waals surface area contributed by atoms with Gasteiger partial charge in [-0.1, -0.05) is 31.2 Å². The van der Waals surface area contributed by atoms with Crippen molar-refractivity contribution >= 4 is 5.97 Å². The van der Waals surface area contributed by atoms with Crippen molar-refractivity contribution in [2.45, 2.75) is 19.8 Å². The number of pyridine rings is 1. The molecule has 2 rings (SSSR count). The number of carboxylic acid groups (broad SMARTS) is 1. The van der Waals surface area contributed by atoms with Gasteiger partial charge in [0.1, 0.15) is 5.75 Å². The maximum absolute atomic E-state index is 12.0. The van der Waals surface area contributed by atoms with Gasteiger partial charge in [0.2, 0.25) is 0 Å². The molecule has 0 unspecified atom stereocenters. The summed E-state index contributed by atoms with van der Waals surface area (Å²) in [6.07, 6.45) is 1.31. The second-order valence-corrected chi connectivity index (χ2v) is 5.94. The fourth-order valence-electron chi connectivity index (χ4n) is 2.61. The summed E-state index contributed by atoms with van der Waals surface area (Å²) in [6, 6.07) is 7.68. The van der Waals surface area contributed by atoms with Crippen LogP contribution < -0.4 is 5.56 Å². The predicted molar refractivity (Wildman–Crippen MR) is 92.8 cm³/mol. The van der Waals surface area contributed by atoms with Gasteiger partial charge in [-0.3, -0.25) is 4.79 Å².